The van der Waals surface area contributed by atoms with Gasteiger partial charge in [-0.15, -0.1) is 24.8 Å². The third-order valence-electron chi connectivity index (χ3n) is 3.39. The number of ether oxygens (including phenoxy) is 1. The topological polar surface area (TPSA) is 53.6 Å². The summed E-state index contributed by atoms with van der Waals surface area (Å²) in [6.07, 6.45) is 2.33. The maximum atomic E-state index is 11.8. The smallest absolute Gasteiger partial charge is 0.250 e. The summed E-state index contributed by atoms with van der Waals surface area (Å²) in [5.74, 6) is 0.0176. The van der Waals surface area contributed by atoms with E-state index in [1.54, 1.807) is 0 Å². The number of halogens is 2. The van der Waals surface area contributed by atoms with E-state index in [-0.39, 0.29) is 36.8 Å². The Kier molecular flexibility index (Phi) is 9.74. The molecule has 0 spiro atoms. The van der Waals surface area contributed by atoms with Crippen molar-refractivity contribution in [1.82, 2.24) is 15.5 Å². The third kappa shape index (κ3) is 6.27. The number of likely N-dealkylation sites (N-methyl/N-ethyl adjacent to an activating group) is 1. The molecule has 7 heteroatoms. The van der Waals surface area contributed by atoms with Gasteiger partial charge in [0.1, 0.15) is 6.10 Å². The number of carbonyl (C=O) groups excluding carboxylic acids is 1. The fourth-order valence-corrected chi connectivity index (χ4v) is 2.21. The molecule has 2 fully saturated rings. The van der Waals surface area contributed by atoms with Crippen molar-refractivity contribution in [2.45, 2.75) is 31.9 Å². The molecule has 0 aromatic heterocycles. The molecule has 2 rings (SSSR count). The van der Waals surface area contributed by atoms with Crippen LogP contribution in [-0.2, 0) is 9.53 Å². The lowest BCUT2D eigenvalue weighted by atomic mass is 10.3. The summed E-state index contributed by atoms with van der Waals surface area (Å²) in [7, 11) is 0. The minimum absolute atomic E-state index is 0. The number of rotatable bonds is 6. The van der Waals surface area contributed by atoms with Gasteiger partial charge in [-0.3, -0.25) is 9.69 Å². The molecule has 19 heavy (non-hydrogen) atoms. The van der Waals surface area contributed by atoms with Gasteiger partial charge in [-0.25, -0.2) is 0 Å². The molecule has 5 nitrogen and oxygen atoms in total. The third-order valence-corrected chi connectivity index (χ3v) is 3.39. The second-order valence-corrected chi connectivity index (χ2v) is 4.71. The standard InChI is InChI=1S/C12H23N3O2.2ClH/c1-2-15(10-3-4-10)7-5-14-12(16)11-9-13-6-8-17-11;;/h10-11,13H,2-9H2,1H3,(H,14,16);2*1H. The minimum Gasteiger partial charge on any atom is -0.366 e. The Morgan fingerprint density at radius 3 is 2.68 bits per heavy atom. The van der Waals surface area contributed by atoms with Gasteiger partial charge >= 0.3 is 0 Å². The van der Waals surface area contributed by atoms with E-state index in [1.807, 2.05) is 0 Å². The Morgan fingerprint density at radius 1 is 1.42 bits per heavy atom. The summed E-state index contributed by atoms with van der Waals surface area (Å²) < 4.78 is 5.40. The zero-order valence-corrected chi connectivity index (χ0v) is 13.0. The first-order valence-corrected chi connectivity index (χ1v) is 6.65. The highest BCUT2D eigenvalue weighted by Gasteiger charge is 2.27. The molecule has 0 radical (unpaired) electrons. The van der Waals surface area contributed by atoms with Crippen molar-refractivity contribution >= 4 is 30.7 Å². The monoisotopic (exact) mass is 313 g/mol. The summed E-state index contributed by atoms with van der Waals surface area (Å²) in [4.78, 5) is 14.2. The van der Waals surface area contributed by atoms with Crippen LogP contribution >= 0.6 is 24.8 Å². The quantitative estimate of drug-likeness (QED) is 0.746. The highest BCUT2D eigenvalue weighted by molar-refractivity contribution is 5.85. The highest BCUT2D eigenvalue weighted by atomic mass is 35.5. The van der Waals surface area contributed by atoms with Crippen LogP contribution in [0.2, 0.25) is 0 Å². The van der Waals surface area contributed by atoms with Gasteiger partial charge in [-0.05, 0) is 19.4 Å². The van der Waals surface area contributed by atoms with Gasteiger partial charge in [0.15, 0.2) is 0 Å². The molecule has 0 bridgehead atoms. The number of morpholine rings is 1. The first-order valence-electron chi connectivity index (χ1n) is 6.65. The minimum atomic E-state index is -0.306. The number of hydrogen-bond donors (Lipinski definition) is 2. The molecule has 2 aliphatic rings. The van der Waals surface area contributed by atoms with E-state index < -0.39 is 0 Å². The van der Waals surface area contributed by atoms with Gasteiger partial charge < -0.3 is 15.4 Å². The molecular weight excluding hydrogens is 289 g/mol. The number of carbonyl (C=O) groups is 1. The van der Waals surface area contributed by atoms with Gasteiger partial charge in [0.2, 0.25) is 0 Å². The van der Waals surface area contributed by atoms with E-state index in [0.29, 0.717) is 13.2 Å². The maximum absolute atomic E-state index is 11.8. The van der Waals surface area contributed by atoms with Crippen LogP contribution in [0.15, 0.2) is 0 Å². The Morgan fingerprint density at radius 2 is 2.16 bits per heavy atom. The molecule has 1 saturated heterocycles. The first kappa shape index (κ1) is 18.9. The molecule has 0 aromatic rings. The van der Waals surface area contributed by atoms with Crippen LogP contribution in [-0.4, -0.2) is 62.3 Å². The van der Waals surface area contributed by atoms with Crippen LogP contribution in [0.3, 0.4) is 0 Å². The molecule has 1 aliphatic carbocycles. The summed E-state index contributed by atoms with van der Waals surface area (Å²) >= 11 is 0. The zero-order chi connectivity index (χ0) is 12.1. The Labute approximate surface area is 127 Å². The van der Waals surface area contributed by atoms with Gasteiger partial charge in [-0.1, -0.05) is 6.92 Å². The number of amides is 1. The number of hydrogen-bond acceptors (Lipinski definition) is 4. The van der Waals surface area contributed by atoms with Crippen molar-refractivity contribution in [2.24, 2.45) is 0 Å². The molecule has 2 N–H and O–H groups in total. The normalized spacial score (nSPS) is 22.3. The lowest BCUT2D eigenvalue weighted by Crippen LogP contribution is -2.49. The predicted octanol–water partition coefficient (Wildman–Crippen LogP) is 0.419. The van der Waals surface area contributed by atoms with E-state index in [4.69, 9.17) is 4.74 Å². The van der Waals surface area contributed by atoms with Crippen LogP contribution in [0.25, 0.3) is 0 Å². The van der Waals surface area contributed by atoms with Crippen LogP contribution in [0.5, 0.6) is 0 Å². The van der Waals surface area contributed by atoms with Crippen LogP contribution in [0, 0.1) is 0 Å². The maximum Gasteiger partial charge on any atom is 0.250 e. The average Bonchev–Trinajstić information content (AvgIpc) is 3.20. The summed E-state index contributed by atoms with van der Waals surface area (Å²) in [6, 6.07) is 0.768. The van der Waals surface area contributed by atoms with Crippen molar-refractivity contribution in [3.05, 3.63) is 0 Å². The Hall–Kier alpha value is -0.0700. The summed E-state index contributed by atoms with van der Waals surface area (Å²) in [6.45, 7) is 7.02. The summed E-state index contributed by atoms with van der Waals surface area (Å²) in [5, 5.41) is 6.11. The Balaban J connectivity index is 0.00000162. The average molecular weight is 314 g/mol. The van der Waals surface area contributed by atoms with E-state index in [2.05, 4.69) is 22.5 Å². The molecule has 1 atom stereocenters. The van der Waals surface area contributed by atoms with Crippen molar-refractivity contribution in [2.75, 3.05) is 39.3 Å². The van der Waals surface area contributed by atoms with Crippen molar-refractivity contribution < 1.29 is 9.53 Å². The zero-order valence-electron chi connectivity index (χ0n) is 11.4. The predicted molar refractivity (Wildman–Crippen MR) is 80.4 cm³/mol. The second kappa shape index (κ2) is 9.77. The van der Waals surface area contributed by atoms with Crippen molar-refractivity contribution in [1.29, 1.82) is 0 Å². The molecule has 1 amide bonds. The molecule has 114 valence electrons. The largest absolute Gasteiger partial charge is 0.366 e. The fraction of sp³-hybridized carbons (Fsp3) is 0.917. The molecule has 1 aliphatic heterocycles. The van der Waals surface area contributed by atoms with Gasteiger partial charge in [-0.2, -0.15) is 0 Å². The Bertz CT molecular complexity index is 259. The van der Waals surface area contributed by atoms with E-state index in [9.17, 15) is 4.79 Å². The fourth-order valence-electron chi connectivity index (χ4n) is 2.21. The van der Waals surface area contributed by atoms with E-state index in [1.165, 1.54) is 12.8 Å². The van der Waals surface area contributed by atoms with Gasteiger partial charge in [0.05, 0.1) is 6.61 Å². The SMILES string of the molecule is CCN(CCNC(=O)C1CNCCO1)C1CC1.Cl.Cl. The van der Waals surface area contributed by atoms with Crippen molar-refractivity contribution in [3.8, 4) is 0 Å². The molecule has 0 aromatic carbocycles. The number of nitrogens with one attached hydrogen (secondary N) is 2. The molecule has 1 unspecified atom stereocenters. The van der Waals surface area contributed by atoms with Gasteiger partial charge in [0, 0.05) is 32.2 Å². The van der Waals surface area contributed by atoms with E-state index >= 15 is 0 Å². The molecule has 1 heterocycles. The molecule has 1 saturated carbocycles. The number of nitrogens with zero attached hydrogens (tertiary/aromatic N) is 1. The second-order valence-electron chi connectivity index (χ2n) is 4.71. The first-order chi connectivity index (χ1) is 8.31. The van der Waals surface area contributed by atoms with Crippen molar-refractivity contribution in [3.63, 3.8) is 0 Å². The van der Waals surface area contributed by atoms with Crippen LogP contribution in [0.1, 0.15) is 19.8 Å². The lowest BCUT2D eigenvalue weighted by molar-refractivity contribution is -0.134. The van der Waals surface area contributed by atoms with Gasteiger partial charge in [0.25, 0.3) is 5.91 Å². The summed E-state index contributed by atoms with van der Waals surface area (Å²) in [5.41, 5.74) is 0. The lowest BCUT2D eigenvalue weighted by Gasteiger charge is -2.24. The van der Waals surface area contributed by atoms with Crippen LogP contribution < -0.4 is 10.6 Å². The molecular formula is C12H25Cl2N3O2. The van der Waals surface area contributed by atoms with Crippen LogP contribution in [0.4, 0.5) is 0 Å². The van der Waals surface area contributed by atoms with E-state index in [0.717, 1.165) is 32.2 Å². The highest BCUT2D eigenvalue weighted by Crippen LogP contribution is 2.25.